The maximum Gasteiger partial charge on any atom is 0.0467 e. The number of fused-ring (bicyclic) bond motifs is 3. The fourth-order valence-corrected chi connectivity index (χ4v) is 12.5. The third kappa shape index (κ3) is 5.86. The van der Waals surface area contributed by atoms with E-state index in [1.54, 1.807) is 0 Å². The summed E-state index contributed by atoms with van der Waals surface area (Å²) in [6.07, 6.45) is 1.96. The molecule has 0 atom stereocenters. The summed E-state index contributed by atoms with van der Waals surface area (Å²) in [7, 11) is -1.71. The molecule has 0 N–H and O–H groups in total. The Morgan fingerprint density at radius 1 is 0.750 bits per heavy atom. The Morgan fingerprint density at radius 2 is 1.50 bits per heavy atom. The van der Waals surface area contributed by atoms with Crippen LogP contribution in [0.3, 0.4) is 0 Å². The number of aromatic nitrogens is 2. The molecular formula is C42H48GeN2OSSi. The molecule has 0 saturated carbocycles. The summed E-state index contributed by atoms with van der Waals surface area (Å²) < 4.78 is 9.50. The van der Waals surface area contributed by atoms with Gasteiger partial charge in [-0.1, -0.05) is 67.2 Å². The van der Waals surface area contributed by atoms with Crippen LogP contribution in [0.25, 0.3) is 54.5 Å². The summed E-state index contributed by atoms with van der Waals surface area (Å²) in [5.74, 6) is 9.13. The van der Waals surface area contributed by atoms with Crippen molar-refractivity contribution in [3.8, 4) is 45.1 Å². The zero-order valence-corrected chi connectivity index (χ0v) is 34.6. The van der Waals surface area contributed by atoms with E-state index >= 15 is 0 Å². The second kappa shape index (κ2) is 11.1. The average molecular weight is 730 g/mol. The molecule has 0 spiro atoms. The van der Waals surface area contributed by atoms with Crippen LogP contribution in [0, 0.1) is 0 Å². The SMILES string of the molecule is CC(C)(C)c1cc(-c2cc([Si](C)(C)C)c3scc(-c4ccc5c(c4)-c4nccc6c[c]([Ge]([CH3])([CH3])[CH3])cc(c46)O5)c3c2)nc(C(C)(C)C)c1. The van der Waals surface area contributed by atoms with E-state index in [4.69, 9.17) is 14.7 Å². The van der Waals surface area contributed by atoms with Crippen molar-refractivity contribution in [1.82, 2.24) is 9.97 Å². The molecular weight excluding hydrogens is 681 g/mol. The second-order valence-electron chi connectivity index (χ2n) is 17.7. The smallest absolute Gasteiger partial charge is 0.0467 e. The number of ether oxygens (including phenoxy) is 1. The topological polar surface area (TPSA) is 35.0 Å². The summed E-state index contributed by atoms with van der Waals surface area (Å²) in [6, 6.07) is 23.0. The minimum absolute atomic E-state index is 0.0224. The van der Waals surface area contributed by atoms with E-state index in [2.05, 4.69) is 144 Å². The van der Waals surface area contributed by atoms with Crippen LogP contribution in [-0.4, -0.2) is 31.3 Å². The van der Waals surface area contributed by atoms with Crippen LogP contribution in [0.1, 0.15) is 52.8 Å². The van der Waals surface area contributed by atoms with Crippen molar-refractivity contribution in [2.45, 2.75) is 89.3 Å². The van der Waals surface area contributed by atoms with E-state index in [1.807, 2.05) is 17.5 Å². The zero-order valence-electron chi connectivity index (χ0n) is 30.6. The zero-order chi connectivity index (χ0) is 34.6. The van der Waals surface area contributed by atoms with E-state index in [1.165, 1.54) is 47.3 Å². The van der Waals surface area contributed by atoms with Gasteiger partial charge in [0.1, 0.15) is 0 Å². The van der Waals surface area contributed by atoms with Crippen molar-refractivity contribution in [2.75, 3.05) is 0 Å². The monoisotopic (exact) mass is 730 g/mol. The van der Waals surface area contributed by atoms with Gasteiger partial charge in [-0.05, 0) is 23.1 Å². The molecule has 246 valence electrons. The Bertz CT molecular complexity index is 2230. The van der Waals surface area contributed by atoms with Gasteiger partial charge < -0.3 is 0 Å². The minimum Gasteiger partial charge on any atom is -0.252 e. The largest absolute Gasteiger partial charge is 0.252 e. The number of nitrogens with zero attached hydrogens (tertiary/aromatic N) is 2. The van der Waals surface area contributed by atoms with Gasteiger partial charge in [0.2, 0.25) is 0 Å². The van der Waals surface area contributed by atoms with E-state index in [0.29, 0.717) is 0 Å². The molecule has 3 aromatic heterocycles. The first kappa shape index (κ1) is 33.2. The maximum absolute atomic E-state index is 6.65. The molecule has 0 unspecified atom stereocenters. The summed E-state index contributed by atoms with van der Waals surface area (Å²) in [5, 5.41) is 7.49. The van der Waals surface area contributed by atoms with E-state index < -0.39 is 21.3 Å². The predicted octanol–water partition coefficient (Wildman–Crippen LogP) is 11.6. The summed E-state index contributed by atoms with van der Waals surface area (Å²) >= 11 is -0.193. The van der Waals surface area contributed by atoms with Crippen molar-refractivity contribution >= 4 is 63.1 Å². The van der Waals surface area contributed by atoms with E-state index in [0.717, 1.165) is 39.5 Å². The number of hydrogen-bond acceptors (Lipinski definition) is 4. The van der Waals surface area contributed by atoms with Crippen LogP contribution in [-0.2, 0) is 10.8 Å². The summed E-state index contributed by atoms with van der Waals surface area (Å²) in [6.45, 7) is 21.1. The molecule has 48 heavy (non-hydrogen) atoms. The van der Waals surface area contributed by atoms with Crippen LogP contribution in [0.4, 0.5) is 0 Å². The van der Waals surface area contributed by atoms with Gasteiger partial charge in [0.25, 0.3) is 0 Å². The summed E-state index contributed by atoms with van der Waals surface area (Å²) in [4.78, 5) is 10.3. The van der Waals surface area contributed by atoms with E-state index in [9.17, 15) is 0 Å². The van der Waals surface area contributed by atoms with Crippen molar-refractivity contribution in [3.63, 3.8) is 0 Å². The van der Waals surface area contributed by atoms with Gasteiger partial charge in [0.05, 0.1) is 13.8 Å². The molecule has 0 radical (unpaired) electrons. The molecule has 3 nitrogen and oxygen atoms in total. The Labute approximate surface area is 294 Å². The third-order valence-corrected chi connectivity index (χ3v) is 17.2. The van der Waals surface area contributed by atoms with Crippen molar-refractivity contribution in [2.24, 2.45) is 0 Å². The fourth-order valence-electron chi connectivity index (χ4n) is 6.65. The van der Waals surface area contributed by atoms with Gasteiger partial charge in [-0.25, -0.2) is 0 Å². The van der Waals surface area contributed by atoms with Crippen molar-refractivity contribution < 1.29 is 4.74 Å². The van der Waals surface area contributed by atoms with Crippen LogP contribution in [0.5, 0.6) is 11.5 Å². The first-order valence-electron chi connectivity index (χ1n) is 17.1. The van der Waals surface area contributed by atoms with E-state index in [-0.39, 0.29) is 10.8 Å². The molecule has 7 rings (SSSR count). The predicted molar refractivity (Wildman–Crippen MR) is 215 cm³/mol. The number of hydrogen-bond donors (Lipinski definition) is 0. The van der Waals surface area contributed by atoms with Gasteiger partial charge in [0.15, 0.2) is 0 Å². The first-order valence-corrected chi connectivity index (χ1v) is 28.9. The summed E-state index contributed by atoms with van der Waals surface area (Å²) in [5.41, 5.74) is 9.24. The number of pyridine rings is 2. The molecule has 3 aromatic carbocycles. The quantitative estimate of drug-likeness (QED) is 0.169. The molecule has 4 heterocycles. The molecule has 0 amide bonds. The van der Waals surface area contributed by atoms with Gasteiger partial charge in [0, 0.05) is 11.1 Å². The van der Waals surface area contributed by atoms with Gasteiger partial charge in [-0.15, -0.1) is 0 Å². The van der Waals surface area contributed by atoms with Crippen LogP contribution in [0.15, 0.2) is 72.2 Å². The van der Waals surface area contributed by atoms with Gasteiger partial charge >= 0.3 is 176 Å². The molecule has 6 heteroatoms. The van der Waals surface area contributed by atoms with Crippen molar-refractivity contribution in [1.29, 1.82) is 0 Å². The molecule has 1 aliphatic heterocycles. The third-order valence-electron chi connectivity index (χ3n) is 9.70. The minimum atomic E-state index is -2.07. The maximum atomic E-state index is 6.65. The molecule has 6 aromatic rings. The fraction of sp³-hybridized carbons (Fsp3) is 0.333. The Morgan fingerprint density at radius 3 is 2.17 bits per heavy atom. The first-order chi connectivity index (χ1) is 22.3. The Kier molecular flexibility index (Phi) is 7.71. The Balaban J connectivity index is 1.43. The van der Waals surface area contributed by atoms with Gasteiger partial charge in [-0.2, -0.15) is 0 Å². The van der Waals surface area contributed by atoms with Gasteiger partial charge in [-0.3, -0.25) is 4.98 Å². The van der Waals surface area contributed by atoms with Crippen LogP contribution < -0.4 is 14.3 Å². The number of rotatable bonds is 4. The number of thiophene rings is 1. The van der Waals surface area contributed by atoms with Crippen LogP contribution >= 0.6 is 11.3 Å². The average Bonchev–Trinajstić information content (AvgIpc) is 3.42. The molecule has 1 aliphatic rings. The van der Waals surface area contributed by atoms with Crippen LogP contribution in [0.2, 0.25) is 36.9 Å². The standard InChI is InChI=1S/C42H48GeN2OSSi/c1-41(2,3)28-21-33(45-37(22-28)42(4,5)6)27-19-30-32(24-47-40(30)36(20-27)48(10,11)12)25-13-14-34-31(18-25)39-38-26(15-16-44-39)17-29(43(7,8)9)23-35(38)46-34/h13-24H,1-12H3. The van der Waals surface area contributed by atoms with Crippen molar-refractivity contribution in [3.05, 3.63) is 83.5 Å². The molecule has 0 saturated heterocycles. The molecule has 0 aliphatic carbocycles. The Hall–Kier alpha value is -3.26. The molecule has 0 fully saturated rings. The number of benzene rings is 3. The molecule has 0 bridgehead atoms. The second-order valence-corrected chi connectivity index (χ2v) is 34.3. The normalized spacial score (nSPS) is 13.6.